The van der Waals surface area contributed by atoms with E-state index in [0.29, 0.717) is 29.0 Å². The number of aromatic nitrogens is 3. The summed E-state index contributed by atoms with van der Waals surface area (Å²) in [4.78, 5) is 24.7. The minimum Gasteiger partial charge on any atom is -0.233 e. The molecule has 0 aliphatic heterocycles. The van der Waals surface area contributed by atoms with Crippen molar-refractivity contribution in [1.29, 1.82) is 0 Å². The highest BCUT2D eigenvalue weighted by molar-refractivity contribution is 6.12. The van der Waals surface area contributed by atoms with Gasteiger partial charge in [0, 0.05) is 33.4 Å². The fourth-order valence-electron chi connectivity index (χ4n) is 8.57. The number of hydrogen-bond donors (Lipinski definition) is 0. The summed E-state index contributed by atoms with van der Waals surface area (Å²) in [5.41, 5.74) is 17.0. The molecule has 1 heterocycles. The highest BCUT2D eigenvalue weighted by atomic mass is 15.0. The topological polar surface area (TPSA) is 63.4 Å². The van der Waals surface area contributed by atoms with E-state index in [2.05, 4.69) is 117 Å². The smallest absolute Gasteiger partial charge is 0.164 e. The van der Waals surface area contributed by atoms with Gasteiger partial charge in [-0.3, -0.25) is 0 Å². The van der Waals surface area contributed by atoms with Crippen LogP contribution in [0.25, 0.3) is 73.2 Å². The van der Waals surface area contributed by atoms with E-state index in [0.717, 1.165) is 61.3 Å². The maximum absolute atomic E-state index is 4.98. The summed E-state index contributed by atoms with van der Waals surface area (Å²) in [7, 11) is 0. The molecule has 0 saturated carbocycles. The van der Waals surface area contributed by atoms with Crippen molar-refractivity contribution in [2.45, 2.75) is 26.2 Å². The second-order valence-corrected chi connectivity index (χ2v) is 16.7. The molecule has 0 fully saturated rings. The zero-order valence-corrected chi connectivity index (χ0v) is 36.1. The van der Waals surface area contributed by atoms with E-state index < -0.39 is 0 Å². The first-order chi connectivity index (χ1) is 31.3. The third kappa shape index (κ3) is 7.92. The SMILES string of the molecule is C=C(N=C(N=C(C)c1ccccc1)c1ccccc1)c1ccc(-c2ccc3c(c2)-c2cc(-c4ccc(-c5nc(-c6ccccc6)nc(-c6ccccc6)n5)cc4)ccc2C3(C)C)cc1. The molecule has 0 radical (unpaired) electrons. The van der Waals surface area contributed by atoms with Crippen molar-refractivity contribution in [3.05, 3.63) is 241 Å². The molecule has 8 aromatic carbocycles. The van der Waals surface area contributed by atoms with Crippen molar-refractivity contribution >= 4 is 17.2 Å². The highest BCUT2D eigenvalue weighted by Gasteiger charge is 2.35. The lowest BCUT2D eigenvalue weighted by Crippen LogP contribution is -2.14. The van der Waals surface area contributed by atoms with E-state index >= 15 is 0 Å². The monoisotopic (exact) mass is 823 g/mol. The Labute approximate surface area is 375 Å². The molecule has 1 aliphatic rings. The van der Waals surface area contributed by atoms with Crippen LogP contribution in [0.3, 0.4) is 0 Å². The molecule has 0 bridgehead atoms. The standard InChI is InChI=1S/C59H45N5/c1-39(41-17-9-5-10-18-41)60-55(45-19-11-6-12-20-45)61-40(2)42-25-27-43(28-26-42)49-33-35-53-51(37-49)52-38-50(34-36-54(52)59(53,3)4)44-29-31-48(32-30-44)58-63-56(46-21-13-7-14-22-46)62-57(64-58)47-23-15-8-16-24-47/h5-38H,2H2,1,3-4H3. The van der Waals surface area contributed by atoms with Crippen LogP contribution in [-0.2, 0) is 5.41 Å². The molecule has 0 amide bonds. The largest absolute Gasteiger partial charge is 0.233 e. The quantitative estimate of drug-likeness (QED) is 0.108. The Kier molecular flexibility index (Phi) is 10.6. The van der Waals surface area contributed by atoms with Gasteiger partial charge in [-0.05, 0) is 74.7 Å². The zero-order chi connectivity index (χ0) is 43.6. The number of rotatable bonds is 9. The molecule has 9 aromatic rings. The van der Waals surface area contributed by atoms with E-state index in [-0.39, 0.29) is 5.41 Å². The number of aliphatic imine (C=N–C) groups is 2. The Balaban J connectivity index is 0.934. The first-order valence-electron chi connectivity index (χ1n) is 21.6. The van der Waals surface area contributed by atoms with E-state index in [1.54, 1.807) is 0 Å². The van der Waals surface area contributed by atoms with Gasteiger partial charge >= 0.3 is 0 Å². The van der Waals surface area contributed by atoms with Crippen LogP contribution in [0.5, 0.6) is 0 Å². The lowest BCUT2D eigenvalue weighted by Gasteiger charge is -2.21. The summed E-state index contributed by atoms with van der Waals surface area (Å²) in [5, 5.41) is 0. The number of amidine groups is 1. The fraction of sp³-hybridized carbons (Fsp3) is 0.0678. The van der Waals surface area contributed by atoms with Crippen LogP contribution in [0.2, 0.25) is 0 Å². The summed E-state index contributed by atoms with van der Waals surface area (Å²) >= 11 is 0. The van der Waals surface area contributed by atoms with Crippen LogP contribution in [0.1, 0.15) is 48.6 Å². The Morgan fingerprint density at radius 2 is 0.766 bits per heavy atom. The lowest BCUT2D eigenvalue weighted by atomic mass is 9.82. The van der Waals surface area contributed by atoms with Gasteiger partial charge in [0.25, 0.3) is 0 Å². The molecule has 10 rings (SSSR count). The zero-order valence-electron chi connectivity index (χ0n) is 36.1. The summed E-state index contributed by atoms with van der Waals surface area (Å²) < 4.78 is 0. The average Bonchev–Trinajstić information content (AvgIpc) is 3.59. The van der Waals surface area contributed by atoms with Crippen LogP contribution >= 0.6 is 0 Å². The number of hydrogen-bond acceptors (Lipinski definition) is 4. The van der Waals surface area contributed by atoms with Crippen molar-refractivity contribution in [1.82, 2.24) is 15.0 Å². The highest BCUT2D eigenvalue weighted by Crippen LogP contribution is 2.50. The summed E-state index contributed by atoms with van der Waals surface area (Å²) in [6.45, 7) is 11.0. The van der Waals surface area contributed by atoms with Crippen LogP contribution < -0.4 is 0 Å². The first kappa shape index (κ1) is 40.0. The van der Waals surface area contributed by atoms with Crippen molar-refractivity contribution in [2.24, 2.45) is 9.98 Å². The summed E-state index contributed by atoms with van der Waals surface area (Å²) in [6.07, 6.45) is 0. The molecular formula is C59H45N5. The molecule has 0 saturated heterocycles. The van der Waals surface area contributed by atoms with E-state index in [4.69, 9.17) is 24.9 Å². The molecule has 1 aliphatic carbocycles. The van der Waals surface area contributed by atoms with Crippen LogP contribution in [0, 0.1) is 0 Å². The first-order valence-corrected chi connectivity index (χ1v) is 21.6. The predicted molar refractivity (Wildman–Crippen MR) is 265 cm³/mol. The third-order valence-electron chi connectivity index (χ3n) is 12.1. The van der Waals surface area contributed by atoms with Gasteiger partial charge < -0.3 is 0 Å². The number of benzene rings is 8. The minimum absolute atomic E-state index is 0.130. The van der Waals surface area contributed by atoms with Crippen LogP contribution in [0.15, 0.2) is 223 Å². The maximum Gasteiger partial charge on any atom is 0.164 e. The molecule has 5 nitrogen and oxygen atoms in total. The molecule has 0 unspecified atom stereocenters. The van der Waals surface area contributed by atoms with Gasteiger partial charge in [0.1, 0.15) is 0 Å². The van der Waals surface area contributed by atoms with Crippen molar-refractivity contribution in [3.8, 4) is 67.5 Å². The third-order valence-corrected chi connectivity index (χ3v) is 12.1. The Morgan fingerprint density at radius 3 is 1.23 bits per heavy atom. The second kappa shape index (κ2) is 17.0. The van der Waals surface area contributed by atoms with Crippen LogP contribution in [-0.4, -0.2) is 26.5 Å². The van der Waals surface area contributed by atoms with Gasteiger partial charge in [0.05, 0.1) is 5.70 Å². The fourth-order valence-corrected chi connectivity index (χ4v) is 8.57. The van der Waals surface area contributed by atoms with Gasteiger partial charge in [0.15, 0.2) is 23.3 Å². The average molecular weight is 824 g/mol. The normalized spacial score (nSPS) is 13.0. The van der Waals surface area contributed by atoms with E-state index in [9.17, 15) is 0 Å². The number of fused-ring (bicyclic) bond motifs is 3. The maximum atomic E-state index is 4.98. The molecular weight excluding hydrogens is 779 g/mol. The molecule has 0 atom stereocenters. The van der Waals surface area contributed by atoms with Gasteiger partial charge in [0.2, 0.25) is 0 Å². The lowest BCUT2D eigenvalue weighted by molar-refractivity contribution is 0.660. The van der Waals surface area contributed by atoms with E-state index in [1.807, 2.05) is 116 Å². The Morgan fingerprint density at radius 1 is 0.391 bits per heavy atom. The molecule has 0 spiro atoms. The number of nitrogens with zero attached hydrogens (tertiary/aromatic N) is 5. The van der Waals surface area contributed by atoms with Gasteiger partial charge in [-0.25, -0.2) is 24.9 Å². The van der Waals surface area contributed by atoms with Crippen molar-refractivity contribution in [3.63, 3.8) is 0 Å². The van der Waals surface area contributed by atoms with E-state index in [1.165, 1.54) is 22.3 Å². The summed E-state index contributed by atoms with van der Waals surface area (Å²) in [5.74, 6) is 2.57. The van der Waals surface area contributed by atoms with Gasteiger partial charge in [-0.1, -0.05) is 215 Å². The molecule has 306 valence electrons. The Hall–Kier alpha value is -8.15. The Bertz CT molecular complexity index is 3150. The predicted octanol–water partition coefficient (Wildman–Crippen LogP) is 14.4. The van der Waals surface area contributed by atoms with Crippen molar-refractivity contribution < 1.29 is 0 Å². The molecule has 5 heteroatoms. The second-order valence-electron chi connectivity index (χ2n) is 16.7. The molecule has 0 N–H and O–H groups in total. The van der Waals surface area contributed by atoms with Crippen LogP contribution in [0.4, 0.5) is 0 Å². The van der Waals surface area contributed by atoms with Crippen molar-refractivity contribution in [2.75, 3.05) is 0 Å². The van der Waals surface area contributed by atoms with Gasteiger partial charge in [-0.2, -0.15) is 0 Å². The minimum atomic E-state index is -0.130. The summed E-state index contributed by atoms with van der Waals surface area (Å²) in [6, 6.07) is 71.3. The molecule has 1 aromatic heterocycles. The molecule has 64 heavy (non-hydrogen) atoms. The van der Waals surface area contributed by atoms with Gasteiger partial charge in [-0.15, -0.1) is 0 Å².